The van der Waals surface area contributed by atoms with Crippen LogP contribution in [-0.2, 0) is 0 Å². The Hall–Kier alpha value is -0.0800. The summed E-state index contributed by atoms with van der Waals surface area (Å²) in [6, 6.07) is 0. The first kappa shape index (κ1) is 12.0. The van der Waals surface area contributed by atoms with E-state index in [0.717, 1.165) is 5.92 Å². The number of rotatable bonds is 3. The van der Waals surface area contributed by atoms with Crippen LogP contribution in [0.25, 0.3) is 0 Å². The van der Waals surface area contributed by atoms with E-state index in [0.29, 0.717) is 5.54 Å². The quantitative estimate of drug-likeness (QED) is 0.685. The summed E-state index contributed by atoms with van der Waals surface area (Å²) in [5.74, 6) is 0.825. The Morgan fingerprint density at radius 2 is 2.00 bits per heavy atom. The Labute approximate surface area is 89.3 Å². The number of hydrogen-bond donors (Lipinski definition) is 0. The van der Waals surface area contributed by atoms with Crippen LogP contribution in [0.4, 0.5) is 0 Å². The van der Waals surface area contributed by atoms with Crippen molar-refractivity contribution in [2.75, 3.05) is 33.7 Å². The van der Waals surface area contributed by atoms with Crippen molar-refractivity contribution < 1.29 is 0 Å². The van der Waals surface area contributed by atoms with Crippen LogP contribution < -0.4 is 0 Å². The molecule has 1 aliphatic heterocycles. The van der Waals surface area contributed by atoms with Crippen molar-refractivity contribution in [1.29, 1.82) is 0 Å². The average Bonchev–Trinajstić information content (AvgIpc) is 2.17. The molecule has 0 aromatic rings. The van der Waals surface area contributed by atoms with Gasteiger partial charge < -0.3 is 9.80 Å². The number of piperidine rings is 1. The zero-order valence-electron chi connectivity index (χ0n) is 10.5. The highest BCUT2D eigenvalue weighted by molar-refractivity contribution is 4.89. The second-order valence-corrected chi connectivity index (χ2v) is 5.28. The Balaban J connectivity index is 2.59. The van der Waals surface area contributed by atoms with Crippen molar-refractivity contribution in [1.82, 2.24) is 9.80 Å². The maximum atomic E-state index is 2.58. The topological polar surface area (TPSA) is 6.48 Å². The molecule has 0 aromatic heterocycles. The summed E-state index contributed by atoms with van der Waals surface area (Å²) in [7, 11) is 4.40. The Kier molecular flexibility index (Phi) is 3.96. The Morgan fingerprint density at radius 1 is 1.36 bits per heavy atom. The van der Waals surface area contributed by atoms with Crippen molar-refractivity contribution in [2.24, 2.45) is 5.92 Å². The second-order valence-electron chi connectivity index (χ2n) is 5.28. The molecule has 0 amide bonds. The van der Waals surface area contributed by atoms with Crippen LogP contribution in [0, 0.1) is 5.92 Å². The zero-order valence-corrected chi connectivity index (χ0v) is 10.5. The lowest BCUT2D eigenvalue weighted by molar-refractivity contribution is 0.0534. The van der Waals surface area contributed by atoms with Gasteiger partial charge in [0, 0.05) is 12.1 Å². The van der Waals surface area contributed by atoms with Gasteiger partial charge in [-0.1, -0.05) is 6.92 Å². The van der Waals surface area contributed by atoms with Gasteiger partial charge in [-0.05, 0) is 59.8 Å². The molecule has 0 bridgehead atoms. The molecule has 0 spiro atoms. The second kappa shape index (κ2) is 4.63. The molecule has 1 heterocycles. The fraction of sp³-hybridized carbons (Fsp3) is 1.00. The molecule has 1 saturated heterocycles. The molecule has 0 saturated carbocycles. The third-order valence-corrected chi connectivity index (χ3v) is 4.10. The first-order valence-corrected chi connectivity index (χ1v) is 5.88. The first-order chi connectivity index (χ1) is 6.48. The van der Waals surface area contributed by atoms with E-state index < -0.39 is 0 Å². The van der Waals surface area contributed by atoms with E-state index in [2.05, 4.69) is 44.7 Å². The van der Waals surface area contributed by atoms with Crippen molar-refractivity contribution >= 4 is 0 Å². The highest BCUT2D eigenvalue weighted by Crippen LogP contribution is 2.30. The van der Waals surface area contributed by atoms with Gasteiger partial charge in [0.25, 0.3) is 0 Å². The van der Waals surface area contributed by atoms with Gasteiger partial charge in [0.1, 0.15) is 0 Å². The van der Waals surface area contributed by atoms with Crippen molar-refractivity contribution in [3.63, 3.8) is 0 Å². The lowest BCUT2D eigenvalue weighted by Crippen LogP contribution is -2.51. The van der Waals surface area contributed by atoms with Gasteiger partial charge in [-0.3, -0.25) is 0 Å². The molecule has 1 fully saturated rings. The number of nitrogens with zero attached hydrogens (tertiary/aromatic N) is 2. The third-order valence-electron chi connectivity index (χ3n) is 4.10. The normalized spacial score (nSPS) is 25.7. The first-order valence-electron chi connectivity index (χ1n) is 5.88. The molecule has 0 aliphatic carbocycles. The summed E-state index contributed by atoms with van der Waals surface area (Å²) >= 11 is 0. The minimum absolute atomic E-state index is 0.341. The minimum Gasteiger partial charge on any atom is -0.304 e. The molecular formula is C12H26N2. The lowest BCUT2D eigenvalue weighted by Gasteiger charge is -2.45. The minimum atomic E-state index is 0.341. The number of likely N-dealkylation sites (tertiary alicyclic amines) is 1. The van der Waals surface area contributed by atoms with Crippen LogP contribution in [0.1, 0.15) is 33.6 Å². The largest absolute Gasteiger partial charge is 0.304 e. The zero-order chi connectivity index (χ0) is 10.8. The van der Waals surface area contributed by atoms with Gasteiger partial charge in [0.15, 0.2) is 0 Å². The summed E-state index contributed by atoms with van der Waals surface area (Å²) in [6.45, 7) is 10.8. The summed E-state index contributed by atoms with van der Waals surface area (Å²) in [5.41, 5.74) is 0.341. The SMILES string of the molecule is CCN1CCC[C@@H](C(C)(C)N(C)C)C1. The Bertz CT molecular complexity index is 175. The van der Waals surface area contributed by atoms with E-state index in [1.165, 1.54) is 32.5 Å². The molecule has 1 rings (SSSR count). The predicted molar refractivity (Wildman–Crippen MR) is 62.6 cm³/mol. The van der Waals surface area contributed by atoms with Gasteiger partial charge in [0.05, 0.1) is 0 Å². The molecule has 84 valence electrons. The van der Waals surface area contributed by atoms with E-state index in [-0.39, 0.29) is 0 Å². The maximum absolute atomic E-state index is 2.58. The fourth-order valence-corrected chi connectivity index (χ4v) is 2.28. The standard InChI is InChI=1S/C12H26N2/c1-6-14-9-7-8-11(10-14)12(2,3)13(4)5/h11H,6-10H2,1-5H3/t11-/m1/s1. The van der Waals surface area contributed by atoms with Crippen molar-refractivity contribution in [3.05, 3.63) is 0 Å². The molecule has 0 radical (unpaired) electrons. The highest BCUT2D eigenvalue weighted by Gasteiger charge is 2.34. The molecule has 1 atom stereocenters. The van der Waals surface area contributed by atoms with Crippen LogP contribution in [0.5, 0.6) is 0 Å². The van der Waals surface area contributed by atoms with E-state index in [4.69, 9.17) is 0 Å². The van der Waals surface area contributed by atoms with Crippen molar-refractivity contribution in [3.8, 4) is 0 Å². The molecule has 2 heteroatoms. The molecule has 0 N–H and O–H groups in total. The fourth-order valence-electron chi connectivity index (χ4n) is 2.28. The summed E-state index contributed by atoms with van der Waals surface area (Å²) in [6.07, 6.45) is 2.76. The van der Waals surface area contributed by atoms with Crippen LogP contribution in [0.3, 0.4) is 0 Å². The van der Waals surface area contributed by atoms with Gasteiger partial charge in [-0.25, -0.2) is 0 Å². The van der Waals surface area contributed by atoms with E-state index in [1.54, 1.807) is 0 Å². The number of hydrogen-bond acceptors (Lipinski definition) is 2. The summed E-state index contributed by atoms with van der Waals surface area (Å²) in [4.78, 5) is 4.95. The highest BCUT2D eigenvalue weighted by atomic mass is 15.2. The monoisotopic (exact) mass is 198 g/mol. The predicted octanol–water partition coefficient (Wildman–Crippen LogP) is 2.06. The molecular weight excluding hydrogens is 172 g/mol. The average molecular weight is 198 g/mol. The molecule has 2 nitrogen and oxygen atoms in total. The van der Waals surface area contributed by atoms with Crippen LogP contribution in [0.2, 0.25) is 0 Å². The van der Waals surface area contributed by atoms with Gasteiger partial charge in [-0.2, -0.15) is 0 Å². The van der Waals surface area contributed by atoms with Crippen LogP contribution in [0.15, 0.2) is 0 Å². The maximum Gasteiger partial charge on any atom is 0.0187 e. The molecule has 0 unspecified atom stereocenters. The summed E-state index contributed by atoms with van der Waals surface area (Å²) in [5, 5.41) is 0. The molecule has 0 aromatic carbocycles. The Morgan fingerprint density at radius 3 is 2.50 bits per heavy atom. The van der Waals surface area contributed by atoms with Crippen LogP contribution >= 0.6 is 0 Å². The van der Waals surface area contributed by atoms with Crippen molar-refractivity contribution in [2.45, 2.75) is 39.2 Å². The van der Waals surface area contributed by atoms with E-state index >= 15 is 0 Å². The summed E-state index contributed by atoms with van der Waals surface area (Å²) < 4.78 is 0. The molecule has 14 heavy (non-hydrogen) atoms. The van der Waals surface area contributed by atoms with Crippen LogP contribution in [-0.4, -0.2) is 49.1 Å². The third kappa shape index (κ3) is 2.48. The van der Waals surface area contributed by atoms with E-state index in [9.17, 15) is 0 Å². The van der Waals surface area contributed by atoms with E-state index in [1.807, 2.05) is 0 Å². The smallest absolute Gasteiger partial charge is 0.0187 e. The van der Waals surface area contributed by atoms with Gasteiger partial charge in [-0.15, -0.1) is 0 Å². The van der Waals surface area contributed by atoms with Gasteiger partial charge in [0.2, 0.25) is 0 Å². The van der Waals surface area contributed by atoms with Gasteiger partial charge >= 0.3 is 0 Å². The molecule has 1 aliphatic rings. The lowest BCUT2D eigenvalue weighted by atomic mass is 9.80.